The van der Waals surface area contributed by atoms with E-state index in [4.69, 9.17) is 8.83 Å². The van der Waals surface area contributed by atoms with Crippen molar-refractivity contribution in [1.82, 2.24) is 4.57 Å². The smallest absolute Gasteiger partial charge is 0.135 e. The third-order valence-corrected chi connectivity index (χ3v) is 19.3. The maximum atomic E-state index is 6.86. The zero-order valence-corrected chi connectivity index (χ0v) is 41.2. The van der Waals surface area contributed by atoms with Crippen molar-refractivity contribution in [2.24, 2.45) is 22.7 Å². The number of allylic oxidation sites excluding steroid dienone is 6. The van der Waals surface area contributed by atoms with Crippen molar-refractivity contribution in [3.05, 3.63) is 129 Å². The number of rotatable bonds is 6. The summed E-state index contributed by atoms with van der Waals surface area (Å²) in [5.41, 5.74) is 21.4. The summed E-state index contributed by atoms with van der Waals surface area (Å²) in [6.45, 7) is 13.8. The summed E-state index contributed by atoms with van der Waals surface area (Å²) in [5, 5.41) is 3.75. The maximum absolute atomic E-state index is 6.86. The molecule has 6 heterocycles. The van der Waals surface area contributed by atoms with Gasteiger partial charge in [0, 0.05) is 74.1 Å². The maximum Gasteiger partial charge on any atom is 0.135 e. The average molecular weight is 889 g/mol. The van der Waals surface area contributed by atoms with Gasteiger partial charge in [0.2, 0.25) is 0 Å². The second-order valence-corrected chi connectivity index (χ2v) is 23.4. The summed E-state index contributed by atoms with van der Waals surface area (Å²) < 4.78 is 16.4. The number of nitrogens with zero attached hydrogens (tertiary/aromatic N) is 2. The first kappa shape index (κ1) is 42.2. The number of benzene rings is 3. The number of hydrogen-bond acceptors (Lipinski definition) is 3. The van der Waals surface area contributed by atoms with Gasteiger partial charge in [-0.1, -0.05) is 122 Å². The summed E-state index contributed by atoms with van der Waals surface area (Å²) >= 11 is 0. The van der Waals surface area contributed by atoms with Crippen LogP contribution in [-0.2, 0) is 31.1 Å². The van der Waals surface area contributed by atoms with Gasteiger partial charge in [0.05, 0.1) is 0 Å². The third-order valence-electron chi connectivity index (χ3n) is 19.3. The Balaban J connectivity index is 1.10. The van der Waals surface area contributed by atoms with E-state index in [0.717, 1.165) is 80.4 Å². The van der Waals surface area contributed by atoms with Crippen molar-refractivity contribution in [2.75, 3.05) is 11.4 Å². The Bertz CT molecular complexity index is 3100. The molecule has 4 aliphatic carbocycles. The molecule has 13 rings (SSSR count). The lowest BCUT2D eigenvalue weighted by Gasteiger charge is -2.46. The molecule has 6 aromatic rings. The van der Waals surface area contributed by atoms with Crippen LogP contribution in [-0.4, -0.2) is 11.1 Å². The Hall–Kier alpha value is -4.96. The Labute approximate surface area is 399 Å². The fraction of sp³-hybridized carbons (Fsp3) is 0.492. The van der Waals surface area contributed by atoms with Crippen LogP contribution in [0.4, 0.5) is 5.69 Å². The van der Waals surface area contributed by atoms with Crippen LogP contribution in [0.5, 0.6) is 0 Å². The molecule has 0 spiro atoms. The van der Waals surface area contributed by atoms with Crippen LogP contribution >= 0.6 is 0 Å². The van der Waals surface area contributed by atoms with Crippen LogP contribution in [0.15, 0.2) is 98.5 Å². The molecule has 3 aromatic heterocycles. The molecule has 0 saturated heterocycles. The fourth-order valence-electron chi connectivity index (χ4n) is 15.2. The molecule has 0 N–H and O–H groups in total. The number of aryl methyl sites for hydroxylation is 1. The molecule has 4 heteroatoms. The molecule has 4 nitrogen and oxygen atoms in total. The Kier molecular flexibility index (Phi) is 9.94. The molecule has 0 amide bonds. The van der Waals surface area contributed by atoms with E-state index in [9.17, 15) is 0 Å². The normalized spacial score (nSPS) is 23.8. The number of hydrogen-bond donors (Lipinski definition) is 0. The zero-order valence-electron chi connectivity index (χ0n) is 41.2. The Morgan fingerprint density at radius 2 is 1.48 bits per heavy atom. The minimum Gasteiger partial charge on any atom is -0.460 e. The van der Waals surface area contributed by atoms with Crippen molar-refractivity contribution < 1.29 is 8.83 Å². The topological polar surface area (TPSA) is 34.5 Å². The lowest BCUT2D eigenvalue weighted by molar-refractivity contribution is 0.177. The van der Waals surface area contributed by atoms with Gasteiger partial charge in [-0.3, -0.25) is 0 Å². The quantitative estimate of drug-likeness (QED) is 0.167. The number of anilines is 1. The predicted octanol–water partition coefficient (Wildman–Crippen LogP) is 17.3. The monoisotopic (exact) mass is 889 g/mol. The molecule has 5 bridgehead atoms. The van der Waals surface area contributed by atoms with Gasteiger partial charge in [-0.25, -0.2) is 0 Å². The van der Waals surface area contributed by atoms with Crippen LogP contribution in [0, 0.1) is 22.7 Å². The van der Waals surface area contributed by atoms with Crippen molar-refractivity contribution in [2.45, 2.75) is 168 Å². The molecule has 2 unspecified atom stereocenters. The van der Waals surface area contributed by atoms with E-state index in [1.807, 2.05) is 0 Å². The minimum atomic E-state index is -0.196. The number of aromatic nitrogens is 1. The van der Waals surface area contributed by atoms with E-state index in [1.54, 1.807) is 33.8 Å². The fourth-order valence-corrected chi connectivity index (χ4v) is 15.2. The highest BCUT2D eigenvalue weighted by Crippen LogP contribution is 2.54. The number of furan rings is 2. The third kappa shape index (κ3) is 6.71. The van der Waals surface area contributed by atoms with Crippen molar-refractivity contribution in [1.29, 1.82) is 0 Å². The van der Waals surface area contributed by atoms with Crippen LogP contribution in [0.1, 0.15) is 177 Å². The van der Waals surface area contributed by atoms with Crippen molar-refractivity contribution in [3.63, 3.8) is 0 Å². The van der Waals surface area contributed by atoms with E-state index >= 15 is 0 Å². The van der Waals surface area contributed by atoms with Gasteiger partial charge in [0.1, 0.15) is 22.5 Å². The number of fused-ring (bicyclic) bond motifs is 16. The molecule has 346 valence electrons. The molecule has 67 heavy (non-hydrogen) atoms. The molecule has 3 aliphatic heterocycles. The second-order valence-electron chi connectivity index (χ2n) is 23.4. The summed E-state index contributed by atoms with van der Waals surface area (Å²) in [6, 6.07) is 21.6. The van der Waals surface area contributed by atoms with Gasteiger partial charge in [0.25, 0.3) is 0 Å². The average Bonchev–Trinajstić information content (AvgIpc) is 4.02. The largest absolute Gasteiger partial charge is 0.460 e. The highest BCUT2D eigenvalue weighted by atomic mass is 16.3. The van der Waals surface area contributed by atoms with E-state index < -0.39 is 0 Å². The number of para-hydroxylation sites is 1. The Morgan fingerprint density at radius 1 is 0.731 bits per heavy atom. The van der Waals surface area contributed by atoms with Gasteiger partial charge < -0.3 is 18.3 Å². The van der Waals surface area contributed by atoms with Crippen LogP contribution < -0.4 is 4.90 Å². The van der Waals surface area contributed by atoms with Gasteiger partial charge in [-0.05, 0) is 164 Å². The van der Waals surface area contributed by atoms with Crippen molar-refractivity contribution in [3.8, 4) is 5.69 Å². The van der Waals surface area contributed by atoms with Crippen LogP contribution in [0.2, 0.25) is 0 Å². The van der Waals surface area contributed by atoms with Gasteiger partial charge in [-0.2, -0.15) is 0 Å². The highest BCUT2D eigenvalue weighted by Gasteiger charge is 2.43. The molecule has 2 fully saturated rings. The predicted molar refractivity (Wildman–Crippen MR) is 279 cm³/mol. The van der Waals surface area contributed by atoms with Gasteiger partial charge >= 0.3 is 0 Å². The van der Waals surface area contributed by atoms with Crippen LogP contribution in [0.3, 0.4) is 0 Å². The van der Waals surface area contributed by atoms with E-state index in [1.165, 1.54) is 127 Å². The first-order valence-electron chi connectivity index (χ1n) is 27.0. The Morgan fingerprint density at radius 3 is 2.27 bits per heavy atom. The van der Waals surface area contributed by atoms with Gasteiger partial charge in [-0.15, -0.1) is 0 Å². The van der Waals surface area contributed by atoms with E-state index in [0.29, 0.717) is 22.7 Å². The van der Waals surface area contributed by atoms with E-state index in [2.05, 4.69) is 123 Å². The molecule has 2 saturated carbocycles. The molecule has 2 atom stereocenters. The summed E-state index contributed by atoms with van der Waals surface area (Å²) in [4.78, 5) is 2.84. The lowest BCUT2D eigenvalue weighted by atomic mass is 9.66. The molecular formula is C63H72N2O2. The summed E-state index contributed by atoms with van der Waals surface area (Å²) in [5.74, 6) is 1.92. The van der Waals surface area contributed by atoms with Crippen molar-refractivity contribution >= 4 is 50.2 Å². The van der Waals surface area contributed by atoms with E-state index in [-0.39, 0.29) is 5.41 Å². The standard InChI is InChI=1S/C63H72N2O2/c1-6-62(24-14-8-15-25-62)37-44-32-52-51-39-64(44)56-35-50-47-19-11-13-21-58(47)67-60(50)36-48(56)42(28-40(51)3)29-41-22-23-54-53(61(52,4)5)33-45(38-63(7-2)26-16-9-17-27-63)65(54)55-34-49-46-18-10-12-20-57(46)66-59(49)31-43(55)30-41/h10-12,18-20,29,31-36,40-41H,6-9,13-17,21-28,30,37-39H2,1-5H3. The molecule has 0 radical (unpaired) electrons. The first-order valence-corrected chi connectivity index (χ1v) is 27.0. The van der Waals surface area contributed by atoms with Crippen LogP contribution in [0.25, 0.3) is 50.2 Å². The van der Waals surface area contributed by atoms with Gasteiger partial charge in [0.15, 0.2) is 0 Å². The molecule has 7 aliphatic rings. The zero-order chi connectivity index (χ0) is 45.2. The molecule has 3 aromatic carbocycles. The SMILES string of the molecule is CCC1(CC2=CC3=C4CN2c2cc5c6c(oc5cc2C(=CC2CCc5c(cc(CC7(CC)CCCCC7)n5-c5cc7c(cc5C2)oc2ccccc27)C3(C)C)CC4C)CCC=C6)CCCCC1. The second kappa shape index (κ2) is 15.8. The lowest BCUT2D eigenvalue weighted by Crippen LogP contribution is -2.39. The summed E-state index contributed by atoms with van der Waals surface area (Å²) in [7, 11) is 0. The highest BCUT2D eigenvalue weighted by molar-refractivity contribution is 6.06. The molecular weight excluding hydrogens is 817 g/mol. The minimum absolute atomic E-state index is 0.196. The summed E-state index contributed by atoms with van der Waals surface area (Å²) in [6.07, 6.45) is 34.9. The first-order chi connectivity index (χ1) is 32.6.